The fourth-order valence-electron chi connectivity index (χ4n) is 1.03. The SMILES string of the molecule is N#CCc1c(N)ccc(F)c1C#N. The lowest BCUT2D eigenvalue weighted by molar-refractivity contribution is 0.622. The highest BCUT2D eigenvalue weighted by molar-refractivity contribution is 5.56. The van der Waals surface area contributed by atoms with Crippen LogP contribution in [0.2, 0.25) is 0 Å². The summed E-state index contributed by atoms with van der Waals surface area (Å²) in [7, 11) is 0. The zero-order valence-electron chi connectivity index (χ0n) is 6.71. The molecule has 0 aliphatic rings. The Kier molecular flexibility index (Phi) is 2.47. The van der Waals surface area contributed by atoms with Gasteiger partial charge in [0.25, 0.3) is 0 Å². The zero-order chi connectivity index (χ0) is 9.84. The van der Waals surface area contributed by atoms with Crippen LogP contribution in [0.25, 0.3) is 0 Å². The van der Waals surface area contributed by atoms with E-state index in [9.17, 15) is 4.39 Å². The van der Waals surface area contributed by atoms with E-state index in [4.69, 9.17) is 16.3 Å². The van der Waals surface area contributed by atoms with Crippen LogP contribution in [0, 0.1) is 28.5 Å². The minimum atomic E-state index is -0.637. The first-order valence-electron chi connectivity index (χ1n) is 3.54. The molecule has 0 fully saturated rings. The van der Waals surface area contributed by atoms with Crippen molar-refractivity contribution in [3.8, 4) is 12.1 Å². The molecule has 4 heteroatoms. The van der Waals surface area contributed by atoms with Crippen molar-refractivity contribution in [3.05, 3.63) is 29.1 Å². The summed E-state index contributed by atoms with van der Waals surface area (Å²) in [5.74, 6) is -0.637. The van der Waals surface area contributed by atoms with Gasteiger partial charge in [-0.05, 0) is 12.1 Å². The Labute approximate surface area is 74.8 Å². The fraction of sp³-hybridized carbons (Fsp3) is 0.111. The van der Waals surface area contributed by atoms with Gasteiger partial charge in [0.05, 0.1) is 18.1 Å². The van der Waals surface area contributed by atoms with Gasteiger partial charge in [-0.15, -0.1) is 0 Å². The highest BCUT2D eigenvalue weighted by atomic mass is 19.1. The smallest absolute Gasteiger partial charge is 0.141 e. The average molecular weight is 175 g/mol. The summed E-state index contributed by atoms with van der Waals surface area (Å²) in [4.78, 5) is 0. The maximum absolute atomic E-state index is 13.0. The minimum Gasteiger partial charge on any atom is -0.398 e. The molecular formula is C9H6FN3. The molecule has 0 amide bonds. The van der Waals surface area contributed by atoms with Gasteiger partial charge in [0.2, 0.25) is 0 Å². The van der Waals surface area contributed by atoms with Crippen molar-refractivity contribution in [2.45, 2.75) is 6.42 Å². The van der Waals surface area contributed by atoms with E-state index >= 15 is 0 Å². The number of halogens is 1. The topological polar surface area (TPSA) is 73.6 Å². The van der Waals surface area contributed by atoms with Crippen LogP contribution in [0.15, 0.2) is 12.1 Å². The summed E-state index contributed by atoms with van der Waals surface area (Å²) in [6.07, 6.45) is -0.0491. The second kappa shape index (κ2) is 3.55. The summed E-state index contributed by atoms with van der Waals surface area (Å²) in [5, 5.41) is 17.0. The van der Waals surface area contributed by atoms with Crippen LogP contribution in [-0.4, -0.2) is 0 Å². The first kappa shape index (κ1) is 9.02. The van der Waals surface area contributed by atoms with Crippen molar-refractivity contribution in [1.29, 1.82) is 10.5 Å². The van der Waals surface area contributed by atoms with Crippen LogP contribution in [0.4, 0.5) is 10.1 Å². The van der Waals surface area contributed by atoms with E-state index in [1.165, 1.54) is 6.07 Å². The Morgan fingerprint density at radius 2 is 2.08 bits per heavy atom. The van der Waals surface area contributed by atoms with Gasteiger partial charge in [-0.2, -0.15) is 10.5 Å². The third kappa shape index (κ3) is 1.57. The molecule has 2 N–H and O–H groups in total. The molecule has 1 aromatic rings. The summed E-state index contributed by atoms with van der Waals surface area (Å²) in [5.41, 5.74) is 5.89. The molecule has 0 saturated heterocycles. The monoisotopic (exact) mass is 175 g/mol. The predicted molar refractivity (Wildman–Crippen MR) is 44.8 cm³/mol. The number of hydrogen-bond donors (Lipinski definition) is 1. The molecule has 0 heterocycles. The van der Waals surface area contributed by atoms with E-state index in [0.717, 1.165) is 6.07 Å². The lowest BCUT2D eigenvalue weighted by Gasteiger charge is -2.03. The molecule has 0 aromatic heterocycles. The molecule has 0 saturated carbocycles. The van der Waals surface area contributed by atoms with Gasteiger partial charge in [-0.3, -0.25) is 0 Å². The maximum atomic E-state index is 13.0. The number of nitriles is 2. The number of nitrogen functional groups attached to an aromatic ring is 1. The fourth-order valence-corrected chi connectivity index (χ4v) is 1.03. The van der Waals surface area contributed by atoms with Crippen LogP contribution in [0.3, 0.4) is 0 Å². The van der Waals surface area contributed by atoms with Crippen molar-refractivity contribution >= 4 is 5.69 Å². The average Bonchev–Trinajstić information content (AvgIpc) is 2.12. The molecular weight excluding hydrogens is 169 g/mol. The molecule has 0 atom stereocenters. The van der Waals surface area contributed by atoms with Crippen molar-refractivity contribution < 1.29 is 4.39 Å². The highest BCUT2D eigenvalue weighted by Crippen LogP contribution is 2.19. The molecule has 0 aliphatic heterocycles. The predicted octanol–water partition coefficient (Wildman–Crippen LogP) is 1.35. The van der Waals surface area contributed by atoms with E-state index in [1.807, 2.05) is 6.07 Å². The van der Waals surface area contributed by atoms with E-state index in [2.05, 4.69) is 0 Å². The second-order valence-corrected chi connectivity index (χ2v) is 2.44. The minimum absolute atomic E-state index is 0.0491. The molecule has 64 valence electrons. The molecule has 1 rings (SSSR count). The quantitative estimate of drug-likeness (QED) is 0.654. The lowest BCUT2D eigenvalue weighted by atomic mass is 10.0. The van der Waals surface area contributed by atoms with Crippen LogP contribution >= 0.6 is 0 Å². The Hall–Kier alpha value is -2.07. The van der Waals surface area contributed by atoms with Gasteiger partial charge in [-0.25, -0.2) is 4.39 Å². The third-order valence-electron chi connectivity index (χ3n) is 1.67. The lowest BCUT2D eigenvalue weighted by Crippen LogP contribution is -1.99. The molecule has 1 aromatic carbocycles. The number of benzene rings is 1. The van der Waals surface area contributed by atoms with Crippen molar-refractivity contribution in [2.24, 2.45) is 0 Å². The van der Waals surface area contributed by atoms with Gasteiger partial charge in [0.1, 0.15) is 11.9 Å². The van der Waals surface area contributed by atoms with Crippen molar-refractivity contribution in [1.82, 2.24) is 0 Å². The molecule has 0 bridgehead atoms. The van der Waals surface area contributed by atoms with E-state index in [1.54, 1.807) is 6.07 Å². The summed E-state index contributed by atoms with van der Waals surface area (Å²) in [6.45, 7) is 0. The Bertz CT molecular complexity index is 412. The molecule has 0 spiro atoms. The first-order valence-corrected chi connectivity index (χ1v) is 3.54. The van der Waals surface area contributed by atoms with Gasteiger partial charge in [0.15, 0.2) is 0 Å². The molecule has 3 nitrogen and oxygen atoms in total. The molecule has 0 unspecified atom stereocenters. The van der Waals surface area contributed by atoms with Gasteiger partial charge < -0.3 is 5.73 Å². The molecule has 13 heavy (non-hydrogen) atoms. The number of anilines is 1. The van der Waals surface area contributed by atoms with Gasteiger partial charge >= 0.3 is 0 Å². The van der Waals surface area contributed by atoms with Gasteiger partial charge in [0, 0.05) is 11.3 Å². The van der Waals surface area contributed by atoms with E-state index < -0.39 is 5.82 Å². The molecule has 0 aliphatic carbocycles. The second-order valence-electron chi connectivity index (χ2n) is 2.44. The van der Waals surface area contributed by atoms with Gasteiger partial charge in [-0.1, -0.05) is 0 Å². The molecule has 0 radical (unpaired) electrons. The normalized spacial score (nSPS) is 8.85. The summed E-state index contributed by atoms with van der Waals surface area (Å²) < 4.78 is 13.0. The van der Waals surface area contributed by atoms with Crippen LogP contribution < -0.4 is 5.73 Å². The third-order valence-corrected chi connectivity index (χ3v) is 1.67. The number of nitrogens with zero attached hydrogens (tertiary/aromatic N) is 2. The van der Waals surface area contributed by atoms with Crippen LogP contribution in [-0.2, 0) is 6.42 Å². The zero-order valence-corrected chi connectivity index (χ0v) is 6.71. The van der Waals surface area contributed by atoms with Crippen LogP contribution in [0.1, 0.15) is 11.1 Å². The first-order chi connectivity index (χ1) is 6.20. The summed E-state index contributed by atoms with van der Waals surface area (Å²) in [6, 6.07) is 5.98. The van der Waals surface area contributed by atoms with Crippen LogP contribution in [0.5, 0.6) is 0 Å². The number of hydrogen-bond acceptors (Lipinski definition) is 3. The van der Waals surface area contributed by atoms with Crippen molar-refractivity contribution in [3.63, 3.8) is 0 Å². The maximum Gasteiger partial charge on any atom is 0.141 e. The summed E-state index contributed by atoms with van der Waals surface area (Å²) >= 11 is 0. The Balaban J connectivity index is 3.39. The number of rotatable bonds is 1. The van der Waals surface area contributed by atoms with E-state index in [0.29, 0.717) is 0 Å². The van der Waals surface area contributed by atoms with Crippen molar-refractivity contribution in [2.75, 3.05) is 5.73 Å². The highest BCUT2D eigenvalue weighted by Gasteiger charge is 2.10. The largest absolute Gasteiger partial charge is 0.398 e. The Morgan fingerprint density at radius 1 is 1.38 bits per heavy atom. The number of nitrogens with two attached hydrogens (primary N) is 1. The Morgan fingerprint density at radius 3 is 2.62 bits per heavy atom. The standard InChI is InChI=1S/C9H6FN3/c10-8-1-2-9(13)6(3-4-11)7(8)5-12/h1-2H,3,13H2. The van der Waals surface area contributed by atoms with E-state index in [-0.39, 0.29) is 23.2 Å².